The van der Waals surface area contributed by atoms with Gasteiger partial charge in [-0.15, -0.1) is 0 Å². The number of aromatic nitrogens is 1. The second-order valence-corrected chi connectivity index (χ2v) is 6.39. The number of benzene rings is 1. The number of carbonyl (C=O) groups is 1. The summed E-state index contributed by atoms with van der Waals surface area (Å²) in [7, 11) is 0. The smallest absolute Gasteiger partial charge is 0.234 e. The van der Waals surface area contributed by atoms with Gasteiger partial charge in [-0.3, -0.25) is 4.79 Å². The molecule has 2 rings (SSSR count). The highest BCUT2D eigenvalue weighted by atomic mass is 79.9. The molecule has 0 spiro atoms. The first-order chi connectivity index (χ1) is 9.15. The topological polar surface area (TPSA) is 42.0 Å². The maximum Gasteiger partial charge on any atom is 0.234 e. The summed E-state index contributed by atoms with van der Waals surface area (Å²) in [4.78, 5) is 16.0. The minimum atomic E-state index is -0.0607. The van der Waals surface area contributed by atoms with Crippen molar-refractivity contribution in [2.24, 2.45) is 0 Å². The Balaban J connectivity index is 1.93. The predicted octanol–water partition coefficient (Wildman–Crippen LogP) is 4.34. The van der Waals surface area contributed by atoms with E-state index in [1.165, 1.54) is 11.8 Å². The van der Waals surface area contributed by atoms with Crippen molar-refractivity contribution in [2.75, 3.05) is 11.1 Å². The lowest BCUT2D eigenvalue weighted by Crippen LogP contribution is -2.14. The maximum atomic E-state index is 11.9. The summed E-state index contributed by atoms with van der Waals surface area (Å²) in [6.07, 6.45) is 1.71. The monoisotopic (exact) mass is 400 g/mol. The zero-order valence-corrected chi connectivity index (χ0v) is 13.8. The molecule has 19 heavy (non-hydrogen) atoms. The van der Waals surface area contributed by atoms with E-state index >= 15 is 0 Å². The van der Waals surface area contributed by atoms with Crippen molar-refractivity contribution in [2.45, 2.75) is 5.03 Å². The lowest BCUT2D eigenvalue weighted by molar-refractivity contribution is -0.113. The van der Waals surface area contributed by atoms with Crippen LogP contribution in [0.15, 0.2) is 56.6 Å². The largest absolute Gasteiger partial charge is 0.324 e. The van der Waals surface area contributed by atoms with E-state index in [1.807, 2.05) is 36.4 Å². The molecule has 0 saturated carbocycles. The van der Waals surface area contributed by atoms with Gasteiger partial charge in [-0.2, -0.15) is 0 Å². The van der Waals surface area contributed by atoms with Gasteiger partial charge in [-0.25, -0.2) is 4.98 Å². The number of thioether (sulfide) groups is 1. The molecular formula is C13H10Br2N2OS. The molecule has 98 valence electrons. The Kier molecular flexibility index (Phi) is 5.42. The minimum absolute atomic E-state index is 0.0607. The van der Waals surface area contributed by atoms with Gasteiger partial charge < -0.3 is 5.32 Å². The van der Waals surface area contributed by atoms with Crippen LogP contribution in [0.4, 0.5) is 5.69 Å². The molecule has 0 aliphatic carbocycles. The number of anilines is 1. The zero-order valence-electron chi connectivity index (χ0n) is 9.77. The van der Waals surface area contributed by atoms with Crippen LogP contribution < -0.4 is 5.32 Å². The first-order valence-electron chi connectivity index (χ1n) is 5.44. The van der Waals surface area contributed by atoms with E-state index < -0.39 is 0 Å². The van der Waals surface area contributed by atoms with E-state index in [4.69, 9.17) is 0 Å². The molecule has 1 N–H and O–H groups in total. The van der Waals surface area contributed by atoms with Crippen molar-refractivity contribution in [3.8, 4) is 0 Å². The van der Waals surface area contributed by atoms with Crippen LogP contribution in [0, 0.1) is 0 Å². The number of hydrogen-bond donors (Lipinski definition) is 1. The summed E-state index contributed by atoms with van der Waals surface area (Å²) in [5, 5.41) is 3.70. The van der Waals surface area contributed by atoms with Gasteiger partial charge in [-0.1, -0.05) is 33.8 Å². The Morgan fingerprint density at radius 3 is 2.84 bits per heavy atom. The van der Waals surface area contributed by atoms with Gasteiger partial charge >= 0.3 is 0 Å². The molecule has 3 nitrogen and oxygen atoms in total. The predicted molar refractivity (Wildman–Crippen MR) is 85.4 cm³/mol. The van der Waals surface area contributed by atoms with Gasteiger partial charge in [0.2, 0.25) is 5.91 Å². The molecule has 1 heterocycles. The molecule has 1 amide bonds. The van der Waals surface area contributed by atoms with E-state index in [2.05, 4.69) is 42.2 Å². The third kappa shape index (κ3) is 4.63. The van der Waals surface area contributed by atoms with E-state index in [1.54, 1.807) is 6.20 Å². The first kappa shape index (κ1) is 14.6. The summed E-state index contributed by atoms with van der Waals surface area (Å²) in [5.74, 6) is 0.269. The average molecular weight is 402 g/mol. The third-order valence-electron chi connectivity index (χ3n) is 2.19. The third-order valence-corrected chi connectivity index (χ3v) is 4.32. The van der Waals surface area contributed by atoms with E-state index in [0.29, 0.717) is 5.75 Å². The second kappa shape index (κ2) is 7.07. The van der Waals surface area contributed by atoms with E-state index in [0.717, 1.165) is 19.7 Å². The number of halogens is 2. The zero-order chi connectivity index (χ0) is 13.7. The van der Waals surface area contributed by atoms with Crippen LogP contribution in [-0.2, 0) is 4.79 Å². The van der Waals surface area contributed by atoms with Gasteiger partial charge in [0.25, 0.3) is 0 Å². The quantitative estimate of drug-likeness (QED) is 0.775. The number of rotatable bonds is 4. The fourth-order valence-corrected chi connectivity index (χ4v) is 2.72. The molecule has 0 bridgehead atoms. The molecule has 0 atom stereocenters. The average Bonchev–Trinajstić information content (AvgIpc) is 2.42. The second-order valence-electron chi connectivity index (χ2n) is 3.63. The molecule has 2 aromatic rings. The van der Waals surface area contributed by atoms with Gasteiger partial charge in [0.15, 0.2) is 0 Å². The fraction of sp³-hybridized carbons (Fsp3) is 0.0769. The molecule has 6 heteroatoms. The number of amides is 1. The number of nitrogens with zero attached hydrogens (tertiary/aromatic N) is 1. The van der Waals surface area contributed by atoms with Crippen molar-refractivity contribution < 1.29 is 4.79 Å². The number of carbonyl (C=O) groups excluding carboxylic acids is 1. The highest BCUT2D eigenvalue weighted by Crippen LogP contribution is 2.26. The van der Waals surface area contributed by atoms with Crippen molar-refractivity contribution in [3.05, 3.63) is 51.5 Å². The summed E-state index contributed by atoms with van der Waals surface area (Å²) in [6, 6.07) is 11.3. The van der Waals surface area contributed by atoms with E-state index in [-0.39, 0.29) is 5.91 Å². The standard InChI is InChI=1S/C13H10Br2N2OS/c14-9-4-5-10(15)11(7-9)17-12(18)8-19-13-3-1-2-6-16-13/h1-7H,8H2,(H,17,18). The number of nitrogens with one attached hydrogen (secondary N) is 1. The Hall–Kier alpha value is -0.850. The van der Waals surface area contributed by atoms with Crippen LogP contribution in [0.25, 0.3) is 0 Å². The Labute approximate surface area is 132 Å². The molecule has 1 aromatic heterocycles. The van der Waals surface area contributed by atoms with Crippen LogP contribution >= 0.6 is 43.6 Å². The summed E-state index contributed by atoms with van der Waals surface area (Å²) >= 11 is 8.18. The molecule has 0 saturated heterocycles. The number of hydrogen-bond acceptors (Lipinski definition) is 3. The maximum absolute atomic E-state index is 11.9. The Morgan fingerprint density at radius 2 is 2.11 bits per heavy atom. The first-order valence-corrected chi connectivity index (χ1v) is 8.01. The fourth-order valence-electron chi connectivity index (χ4n) is 1.35. The molecule has 0 radical (unpaired) electrons. The Morgan fingerprint density at radius 1 is 1.26 bits per heavy atom. The Bertz CT molecular complexity index is 578. The van der Waals surface area contributed by atoms with Gasteiger partial charge in [0.05, 0.1) is 16.5 Å². The minimum Gasteiger partial charge on any atom is -0.324 e. The summed E-state index contributed by atoms with van der Waals surface area (Å²) in [5.41, 5.74) is 0.751. The molecule has 0 aliphatic rings. The van der Waals surface area contributed by atoms with Crippen LogP contribution in [0.5, 0.6) is 0 Å². The van der Waals surface area contributed by atoms with Crippen LogP contribution in [0.2, 0.25) is 0 Å². The molecule has 0 unspecified atom stereocenters. The normalized spacial score (nSPS) is 10.2. The lowest BCUT2D eigenvalue weighted by Gasteiger charge is -2.07. The SMILES string of the molecule is O=C(CSc1ccccn1)Nc1cc(Br)ccc1Br. The van der Waals surface area contributed by atoms with Gasteiger partial charge in [0, 0.05) is 15.1 Å². The lowest BCUT2D eigenvalue weighted by atomic mass is 10.3. The van der Waals surface area contributed by atoms with Crippen molar-refractivity contribution in [1.82, 2.24) is 4.98 Å². The van der Waals surface area contributed by atoms with Crippen molar-refractivity contribution >= 4 is 55.2 Å². The molecule has 1 aromatic carbocycles. The highest BCUT2D eigenvalue weighted by Gasteiger charge is 2.07. The van der Waals surface area contributed by atoms with E-state index in [9.17, 15) is 4.79 Å². The van der Waals surface area contributed by atoms with Crippen molar-refractivity contribution in [1.29, 1.82) is 0 Å². The van der Waals surface area contributed by atoms with Gasteiger partial charge in [-0.05, 0) is 46.3 Å². The van der Waals surface area contributed by atoms with Crippen LogP contribution in [0.1, 0.15) is 0 Å². The van der Waals surface area contributed by atoms with Gasteiger partial charge in [0.1, 0.15) is 0 Å². The summed E-state index contributed by atoms with van der Waals surface area (Å²) in [6.45, 7) is 0. The van der Waals surface area contributed by atoms with Crippen LogP contribution in [-0.4, -0.2) is 16.6 Å². The molecular weight excluding hydrogens is 392 g/mol. The molecule has 0 aliphatic heterocycles. The highest BCUT2D eigenvalue weighted by molar-refractivity contribution is 9.11. The van der Waals surface area contributed by atoms with Crippen molar-refractivity contribution in [3.63, 3.8) is 0 Å². The summed E-state index contributed by atoms with van der Waals surface area (Å²) < 4.78 is 1.77. The molecule has 0 fully saturated rings. The van der Waals surface area contributed by atoms with Crippen LogP contribution in [0.3, 0.4) is 0 Å². The number of pyridine rings is 1.